The van der Waals surface area contributed by atoms with Crippen LogP contribution in [0.4, 0.5) is 0 Å². The van der Waals surface area contributed by atoms with Crippen molar-refractivity contribution in [2.45, 2.75) is 31.8 Å². The fraction of sp³-hybridized carbons (Fsp3) is 0.304. The lowest BCUT2D eigenvalue weighted by Gasteiger charge is -2.18. The number of hydrogen-bond acceptors (Lipinski definition) is 6. The SMILES string of the molecule is NCC(=O)N[C@H](CC(=O)NCC(=O)NCc1ccccc1CC(=O)O)Cc1ccc(O)cc1. The number of carbonyl (C=O) groups is 4. The van der Waals surface area contributed by atoms with Gasteiger partial charge in [0.2, 0.25) is 17.7 Å². The fourth-order valence-electron chi connectivity index (χ4n) is 3.17. The zero-order valence-electron chi connectivity index (χ0n) is 18.0. The molecule has 7 N–H and O–H groups in total. The Morgan fingerprint density at radius 3 is 2.18 bits per heavy atom. The molecule has 3 amide bonds. The van der Waals surface area contributed by atoms with Crippen molar-refractivity contribution in [1.29, 1.82) is 0 Å². The Morgan fingerprint density at radius 2 is 1.55 bits per heavy atom. The lowest BCUT2D eigenvalue weighted by Crippen LogP contribution is -2.44. The maximum Gasteiger partial charge on any atom is 0.307 e. The molecular formula is C23H28N4O6. The van der Waals surface area contributed by atoms with E-state index in [0.29, 0.717) is 17.5 Å². The molecule has 2 rings (SSSR count). The van der Waals surface area contributed by atoms with E-state index < -0.39 is 29.7 Å². The van der Waals surface area contributed by atoms with Gasteiger partial charge in [-0.25, -0.2) is 0 Å². The monoisotopic (exact) mass is 456 g/mol. The minimum atomic E-state index is -0.968. The molecule has 2 aromatic rings. The Balaban J connectivity index is 1.85. The van der Waals surface area contributed by atoms with E-state index in [1.807, 2.05) is 0 Å². The molecule has 33 heavy (non-hydrogen) atoms. The second-order valence-electron chi connectivity index (χ2n) is 7.44. The largest absolute Gasteiger partial charge is 0.508 e. The Hall–Kier alpha value is -3.92. The zero-order valence-corrected chi connectivity index (χ0v) is 18.0. The van der Waals surface area contributed by atoms with E-state index in [-0.39, 0.29) is 38.2 Å². The number of phenolic OH excluding ortho intramolecular Hbond substituents is 1. The summed E-state index contributed by atoms with van der Waals surface area (Å²) in [5, 5.41) is 26.2. The molecule has 10 heteroatoms. The number of nitrogens with one attached hydrogen (secondary N) is 3. The van der Waals surface area contributed by atoms with Crippen LogP contribution in [-0.2, 0) is 38.6 Å². The topological polar surface area (TPSA) is 171 Å². The maximum absolute atomic E-state index is 12.3. The van der Waals surface area contributed by atoms with Gasteiger partial charge in [-0.15, -0.1) is 0 Å². The van der Waals surface area contributed by atoms with Crippen LogP contribution < -0.4 is 21.7 Å². The Morgan fingerprint density at radius 1 is 0.879 bits per heavy atom. The summed E-state index contributed by atoms with van der Waals surface area (Å²) in [5.41, 5.74) is 7.43. The summed E-state index contributed by atoms with van der Waals surface area (Å²) < 4.78 is 0. The molecule has 0 aliphatic heterocycles. The van der Waals surface area contributed by atoms with Crippen molar-refractivity contribution in [3.63, 3.8) is 0 Å². The summed E-state index contributed by atoms with van der Waals surface area (Å²) >= 11 is 0. The number of nitrogens with two attached hydrogens (primary N) is 1. The average Bonchev–Trinajstić information content (AvgIpc) is 2.78. The van der Waals surface area contributed by atoms with Gasteiger partial charge in [0.05, 0.1) is 19.5 Å². The van der Waals surface area contributed by atoms with Crippen LogP contribution in [0.25, 0.3) is 0 Å². The van der Waals surface area contributed by atoms with Crippen molar-refractivity contribution in [2.24, 2.45) is 5.73 Å². The minimum absolute atomic E-state index is 0.0681. The molecule has 0 aromatic heterocycles. The van der Waals surface area contributed by atoms with Crippen LogP contribution in [0.5, 0.6) is 5.75 Å². The van der Waals surface area contributed by atoms with Crippen LogP contribution in [0.3, 0.4) is 0 Å². The third-order valence-electron chi connectivity index (χ3n) is 4.78. The van der Waals surface area contributed by atoms with Crippen molar-refractivity contribution in [3.05, 3.63) is 65.2 Å². The standard InChI is InChI=1S/C23H28N4O6/c24-12-21(30)27-18(9-15-5-7-19(28)8-6-15)11-20(29)26-14-22(31)25-13-17-4-2-1-3-16(17)10-23(32)33/h1-8,18,28H,9-14,24H2,(H,25,31)(H,26,29)(H,27,30)(H,32,33)/t18-/m0/s1. The van der Waals surface area contributed by atoms with Gasteiger partial charge in [-0.2, -0.15) is 0 Å². The van der Waals surface area contributed by atoms with E-state index in [9.17, 15) is 24.3 Å². The van der Waals surface area contributed by atoms with Crippen molar-refractivity contribution in [3.8, 4) is 5.75 Å². The Bertz CT molecular complexity index is 977. The second kappa shape index (κ2) is 12.8. The molecule has 0 unspecified atom stereocenters. The molecule has 0 radical (unpaired) electrons. The molecule has 1 atom stereocenters. The molecule has 0 spiro atoms. The fourth-order valence-corrected chi connectivity index (χ4v) is 3.17. The number of phenols is 1. The smallest absolute Gasteiger partial charge is 0.307 e. The number of aromatic hydroxyl groups is 1. The second-order valence-corrected chi connectivity index (χ2v) is 7.44. The summed E-state index contributed by atoms with van der Waals surface area (Å²) in [5.74, 6) is -2.14. The third kappa shape index (κ3) is 9.40. The molecular weight excluding hydrogens is 428 g/mol. The van der Waals surface area contributed by atoms with Gasteiger partial charge < -0.3 is 31.9 Å². The molecule has 2 aromatic carbocycles. The van der Waals surface area contributed by atoms with Crippen LogP contribution in [0.2, 0.25) is 0 Å². The first-order valence-electron chi connectivity index (χ1n) is 10.4. The van der Waals surface area contributed by atoms with Gasteiger partial charge in [0.15, 0.2) is 0 Å². The molecule has 0 heterocycles. The Kier molecular flexibility index (Phi) is 9.84. The normalized spacial score (nSPS) is 11.3. The van der Waals surface area contributed by atoms with Crippen LogP contribution in [0.1, 0.15) is 23.1 Å². The molecule has 0 aliphatic carbocycles. The van der Waals surface area contributed by atoms with Gasteiger partial charge >= 0.3 is 5.97 Å². The molecule has 0 bridgehead atoms. The van der Waals surface area contributed by atoms with E-state index in [0.717, 1.165) is 5.56 Å². The predicted octanol–water partition coefficient (Wildman–Crippen LogP) is -0.172. The van der Waals surface area contributed by atoms with Crippen LogP contribution >= 0.6 is 0 Å². The number of carboxylic acids is 1. The van der Waals surface area contributed by atoms with E-state index in [1.54, 1.807) is 36.4 Å². The highest BCUT2D eigenvalue weighted by Crippen LogP contribution is 2.12. The number of carboxylic acid groups (broad SMARTS) is 1. The van der Waals surface area contributed by atoms with Gasteiger partial charge in [-0.3, -0.25) is 19.2 Å². The number of carbonyl (C=O) groups excluding carboxylic acids is 3. The average molecular weight is 456 g/mol. The van der Waals surface area contributed by atoms with Gasteiger partial charge in [-0.1, -0.05) is 36.4 Å². The van der Waals surface area contributed by atoms with Crippen molar-refractivity contribution in [1.82, 2.24) is 16.0 Å². The molecule has 0 saturated heterocycles. The van der Waals surface area contributed by atoms with Gasteiger partial charge in [-0.05, 0) is 35.2 Å². The minimum Gasteiger partial charge on any atom is -0.508 e. The predicted molar refractivity (Wildman–Crippen MR) is 120 cm³/mol. The quantitative estimate of drug-likeness (QED) is 0.257. The number of aliphatic carboxylic acids is 1. The highest BCUT2D eigenvalue weighted by Gasteiger charge is 2.17. The lowest BCUT2D eigenvalue weighted by atomic mass is 10.0. The van der Waals surface area contributed by atoms with Gasteiger partial charge in [0, 0.05) is 19.0 Å². The summed E-state index contributed by atoms with van der Waals surface area (Å²) in [6.45, 7) is -0.357. The molecule has 176 valence electrons. The number of benzene rings is 2. The van der Waals surface area contributed by atoms with E-state index in [2.05, 4.69) is 16.0 Å². The van der Waals surface area contributed by atoms with Crippen LogP contribution in [0, 0.1) is 0 Å². The summed E-state index contributed by atoms with van der Waals surface area (Å²) in [6.07, 6.45) is 0.118. The van der Waals surface area contributed by atoms with Crippen molar-refractivity contribution in [2.75, 3.05) is 13.1 Å². The van der Waals surface area contributed by atoms with Crippen LogP contribution in [-0.4, -0.2) is 53.0 Å². The highest BCUT2D eigenvalue weighted by atomic mass is 16.4. The summed E-state index contributed by atoms with van der Waals surface area (Å²) in [6, 6.07) is 12.7. The first-order chi connectivity index (χ1) is 15.8. The van der Waals surface area contributed by atoms with E-state index >= 15 is 0 Å². The molecule has 0 fully saturated rings. The molecule has 0 aliphatic rings. The van der Waals surface area contributed by atoms with Crippen molar-refractivity contribution >= 4 is 23.7 Å². The first-order valence-corrected chi connectivity index (χ1v) is 10.4. The zero-order chi connectivity index (χ0) is 24.2. The third-order valence-corrected chi connectivity index (χ3v) is 4.78. The first kappa shape index (κ1) is 25.3. The molecule has 10 nitrogen and oxygen atoms in total. The number of amides is 3. The van der Waals surface area contributed by atoms with Gasteiger partial charge in [0.1, 0.15) is 5.75 Å². The summed E-state index contributed by atoms with van der Waals surface area (Å²) in [4.78, 5) is 47.2. The molecule has 0 saturated carbocycles. The highest BCUT2D eigenvalue weighted by molar-refractivity contribution is 5.85. The maximum atomic E-state index is 12.3. The van der Waals surface area contributed by atoms with Crippen molar-refractivity contribution < 1.29 is 29.4 Å². The summed E-state index contributed by atoms with van der Waals surface area (Å²) in [7, 11) is 0. The van der Waals surface area contributed by atoms with E-state index in [4.69, 9.17) is 10.8 Å². The lowest BCUT2D eigenvalue weighted by molar-refractivity contribution is -0.136. The number of rotatable bonds is 12. The van der Waals surface area contributed by atoms with Crippen LogP contribution in [0.15, 0.2) is 48.5 Å². The van der Waals surface area contributed by atoms with E-state index in [1.165, 1.54) is 12.1 Å². The Labute approximate surface area is 191 Å². The van der Waals surface area contributed by atoms with Gasteiger partial charge in [0.25, 0.3) is 0 Å². The number of hydrogen-bond donors (Lipinski definition) is 6.